The number of amides is 2. The number of hydrogen-bond acceptors (Lipinski definition) is 3. The molecule has 5 nitrogen and oxygen atoms in total. The van der Waals surface area contributed by atoms with Crippen LogP contribution in [-0.4, -0.2) is 43.0 Å². The first kappa shape index (κ1) is 19.9. The molecule has 0 bridgehead atoms. The Morgan fingerprint density at radius 2 is 1.71 bits per heavy atom. The first-order valence-electron chi connectivity index (χ1n) is 9.86. The van der Waals surface area contributed by atoms with Crippen LogP contribution >= 0.6 is 0 Å². The average molecular weight is 380 g/mol. The SMILES string of the molecule is Cc1ccc(OCCNC(=O)C2CCN(C(=O)c3ccccc3C)CC2)cc1. The van der Waals surface area contributed by atoms with E-state index in [4.69, 9.17) is 4.74 Å². The largest absolute Gasteiger partial charge is 0.492 e. The molecule has 148 valence electrons. The van der Waals surface area contributed by atoms with Gasteiger partial charge in [-0.25, -0.2) is 0 Å². The Morgan fingerprint density at radius 1 is 1.04 bits per heavy atom. The number of carbonyl (C=O) groups excluding carboxylic acids is 2. The zero-order chi connectivity index (χ0) is 19.9. The van der Waals surface area contributed by atoms with Gasteiger partial charge in [0.05, 0.1) is 6.54 Å². The normalized spacial score (nSPS) is 14.6. The lowest BCUT2D eigenvalue weighted by molar-refractivity contribution is -0.126. The Balaban J connectivity index is 1.39. The summed E-state index contributed by atoms with van der Waals surface area (Å²) in [5, 5.41) is 2.95. The van der Waals surface area contributed by atoms with Gasteiger partial charge in [0.15, 0.2) is 0 Å². The number of nitrogens with zero attached hydrogens (tertiary/aromatic N) is 1. The van der Waals surface area contributed by atoms with E-state index in [0.29, 0.717) is 39.1 Å². The fraction of sp³-hybridized carbons (Fsp3) is 0.391. The summed E-state index contributed by atoms with van der Waals surface area (Å²) in [7, 11) is 0. The number of carbonyl (C=O) groups is 2. The Bertz CT molecular complexity index is 809. The molecule has 0 radical (unpaired) electrons. The molecule has 0 saturated carbocycles. The highest BCUT2D eigenvalue weighted by molar-refractivity contribution is 5.95. The van der Waals surface area contributed by atoms with Crippen molar-refractivity contribution < 1.29 is 14.3 Å². The van der Waals surface area contributed by atoms with Crippen molar-refractivity contribution in [2.75, 3.05) is 26.2 Å². The summed E-state index contributed by atoms with van der Waals surface area (Å²) in [6, 6.07) is 15.5. The molecule has 1 saturated heterocycles. The van der Waals surface area contributed by atoms with Crippen LogP contribution in [0, 0.1) is 19.8 Å². The number of ether oxygens (including phenoxy) is 1. The minimum atomic E-state index is -0.0414. The highest BCUT2D eigenvalue weighted by Gasteiger charge is 2.28. The van der Waals surface area contributed by atoms with E-state index >= 15 is 0 Å². The predicted molar refractivity (Wildman–Crippen MR) is 109 cm³/mol. The van der Waals surface area contributed by atoms with Gasteiger partial charge in [0.25, 0.3) is 5.91 Å². The smallest absolute Gasteiger partial charge is 0.254 e. The monoisotopic (exact) mass is 380 g/mol. The fourth-order valence-corrected chi connectivity index (χ4v) is 3.45. The van der Waals surface area contributed by atoms with E-state index in [-0.39, 0.29) is 17.7 Å². The molecule has 0 atom stereocenters. The Labute approximate surface area is 166 Å². The van der Waals surface area contributed by atoms with Gasteiger partial charge in [-0.2, -0.15) is 0 Å². The third-order valence-corrected chi connectivity index (χ3v) is 5.22. The lowest BCUT2D eigenvalue weighted by atomic mass is 9.95. The molecule has 1 N–H and O–H groups in total. The molecule has 0 aromatic heterocycles. The van der Waals surface area contributed by atoms with Gasteiger partial charge in [0, 0.05) is 24.6 Å². The number of likely N-dealkylation sites (tertiary alicyclic amines) is 1. The van der Waals surface area contributed by atoms with E-state index in [2.05, 4.69) is 5.32 Å². The Kier molecular flexibility index (Phi) is 6.69. The summed E-state index contributed by atoms with van der Waals surface area (Å²) < 4.78 is 5.64. The van der Waals surface area contributed by atoms with Crippen molar-refractivity contribution >= 4 is 11.8 Å². The first-order chi connectivity index (χ1) is 13.5. The summed E-state index contributed by atoms with van der Waals surface area (Å²) >= 11 is 0. The van der Waals surface area contributed by atoms with Crippen LogP contribution in [0.1, 0.15) is 34.3 Å². The van der Waals surface area contributed by atoms with Gasteiger partial charge in [0.2, 0.25) is 5.91 Å². The molecule has 3 rings (SSSR count). The van der Waals surface area contributed by atoms with Gasteiger partial charge in [0.1, 0.15) is 12.4 Å². The van der Waals surface area contributed by atoms with Crippen molar-refractivity contribution in [1.82, 2.24) is 10.2 Å². The molecule has 1 aliphatic rings. The average Bonchev–Trinajstić information content (AvgIpc) is 2.72. The second-order valence-corrected chi connectivity index (χ2v) is 7.33. The van der Waals surface area contributed by atoms with Crippen LogP contribution in [0.3, 0.4) is 0 Å². The number of benzene rings is 2. The number of rotatable bonds is 6. The topological polar surface area (TPSA) is 58.6 Å². The number of nitrogens with one attached hydrogen (secondary N) is 1. The third-order valence-electron chi connectivity index (χ3n) is 5.22. The summed E-state index contributed by atoms with van der Waals surface area (Å²) in [6.07, 6.45) is 1.39. The molecule has 1 heterocycles. The second-order valence-electron chi connectivity index (χ2n) is 7.33. The van der Waals surface area contributed by atoms with Crippen LogP contribution in [0.25, 0.3) is 0 Å². The molecule has 2 amide bonds. The highest BCUT2D eigenvalue weighted by Crippen LogP contribution is 2.20. The maximum atomic E-state index is 12.7. The van der Waals surface area contributed by atoms with Gasteiger partial charge in [-0.3, -0.25) is 9.59 Å². The van der Waals surface area contributed by atoms with Gasteiger partial charge in [-0.05, 0) is 50.5 Å². The van der Waals surface area contributed by atoms with Gasteiger partial charge in [-0.1, -0.05) is 35.9 Å². The van der Waals surface area contributed by atoms with Gasteiger partial charge in [-0.15, -0.1) is 0 Å². The molecule has 0 unspecified atom stereocenters. The molecule has 1 aliphatic heterocycles. The number of aryl methyl sites for hydroxylation is 2. The van der Waals surface area contributed by atoms with Crippen LogP contribution in [-0.2, 0) is 4.79 Å². The van der Waals surface area contributed by atoms with Crippen molar-refractivity contribution in [3.8, 4) is 5.75 Å². The maximum Gasteiger partial charge on any atom is 0.254 e. The van der Waals surface area contributed by atoms with Crippen LogP contribution in [0.5, 0.6) is 5.75 Å². The van der Waals surface area contributed by atoms with E-state index in [1.165, 1.54) is 5.56 Å². The summed E-state index contributed by atoms with van der Waals surface area (Å²) in [4.78, 5) is 26.9. The maximum absolute atomic E-state index is 12.7. The molecule has 2 aromatic carbocycles. The zero-order valence-corrected chi connectivity index (χ0v) is 16.6. The van der Waals surface area contributed by atoms with Crippen molar-refractivity contribution in [2.24, 2.45) is 5.92 Å². The minimum Gasteiger partial charge on any atom is -0.492 e. The third kappa shape index (κ3) is 5.12. The van der Waals surface area contributed by atoms with Gasteiger partial charge < -0.3 is 15.0 Å². The number of hydrogen-bond donors (Lipinski definition) is 1. The lowest BCUT2D eigenvalue weighted by Gasteiger charge is -2.31. The van der Waals surface area contributed by atoms with E-state index in [0.717, 1.165) is 16.9 Å². The summed E-state index contributed by atoms with van der Waals surface area (Å²) in [5.74, 6) is 0.877. The molecular weight excluding hydrogens is 352 g/mol. The molecular formula is C23H28N2O3. The van der Waals surface area contributed by atoms with Crippen LogP contribution in [0.15, 0.2) is 48.5 Å². The van der Waals surface area contributed by atoms with Crippen LogP contribution in [0.2, 0.25) is 0 Å². The van der Waals surface area contributed by atoms with E-state index < -0.39 is 0 Å². The van der Waals surface area contributed by atoms with Crippen molar-refractivity contribution in [1.29, 1.82) is 0 Å². The van der Waals surface area contributed by atoms with Crippen LogP contribution < -0.4 is 10.1 Å². The molecule has 2 aromatic rings. The summed E-state index contributed by atoms with van der Waals surface area (Å²) in [5.41, 5.74) is 2.92. The van der Waals surface area contributed by atoms with Crippen LogP contribution in [0.4, 0.5) is 0 Å². The van der Waals surface area contributed by atoms with Crippen molar-refractivity contribution in [3.05, 3.63) is 65.2 Å². The van der Waals surface area contributed by atoms with Gasteiger partial charge >= 0.3 is 0 Å². The summed E-state index contributed by atoms with van der Waals surface area (Å²) in [6.45, 7) is 6.14. The Hall–Kier alpha value is -2.82. The lowest BCUT2D eigenvalue weighted by Crippen LogP contribution is -2.43. The molecule has 0 spiro atoms. The van der Waals surface area contributed by atoms with Crippen molar-refractivity contribution in [3.63, 3.8) is 0 Å². The first-order valence-corrected chi connectivity index (χ1v) is 9.86. The van der Waals surface area contributed by atoms with E-state index in [1.54, 1.807) is 0 Å². The minimum absolute atomic E-state index is 0.0414. The molecule has 0 aliphatic carbocycles. The molecule has 1 fully saturated rings. The second kappa shape index (κ2) is 9.40. The van der Waals surface area contributed by atoms with E-state index in [9.17, 15) is 9.59 Å². The standard InChI is InChI=1S/C23H28N2O3/c1-17-7-9-20(10-8-17)28-16-13-24-22(26)19-11-14-25(15-12-19)23(27)21-6-4-3-5-18(21)2/h3-10,19H,11-16H2,1-2H3,(H,24,26). The Morgan fingerprint density at radius 3 is 2.39 bits per heavy atom. The van der Waals surface area contributed by atoms with Crippen molar-refractivity contribution in [2.45, 2.75) is 26.7 Å². The predicted octanol–water partition coefficient (Wildman–Crippen LogP) is 3.35. The molecule has 28 heavy (non-hydrogen) atoms. The van der Waals surface area contributed by atoms with E-state index in [1.807, 2.05) is 67.3 Å². The highest BCUT2D eigenvalue weighted by atomic mass is 16.5. The fourth-order valence-electron chi connectivity index (χ4n) is 3.45. The zero-order valence-electron chi connectivity index (χ0n) is 16.6. The number of piperidine rings is 1. The quantitative estimate of drug-likeness (QED) is 0.782. The molecule has 5 heteroatoms.